The van der Waals surface area contributed by atoms with Gasteiger partial charge in [0.2, 0.25) is 5.91 Å². The highest BCUT2D eigenvalue weighted by molar-refractivity contribution is 7.80. The number of hydrogen-bond acceptors (Lipinski definition) is 7. The molecule has 0 saturated heterocycles. The minimum Gasteiger partial charge on any atom is -0.457 e. The molecule has 0 unspecified atom stereocenters. The maximum Gasteiger partial charge on any atom is 0.270 e. The van der Waals surface area contributed by atoms with E-state index in [1.54, 1.807) is 36.4 Å². The molecule has 4 rings (SSSR count). The second kappa shape index (κ2) is 9.67. The van der Waals surface area contributed by atoms with E-state index in [4.69, 9.17) is 39.8 Å². The molecule has 0 aliphatic carbocycles. The van der Waals surface area contributed by atoms with E-state index in [2.05, 4.69) is 15.6 Å². The molecule has 2 aromatic carbocycles. The van der Waals surface area contributed by atoms with Crippen molar-refractivity contribution in [2.75, 3.05) is 5.32 Å². The lowest BCUT2D eigenvalue weighted by atomic mass is 10.2. The number of anilines is 1. The van der Waals surface area contributed by atoms with Gasteiger partial charge in [0.1, 0.15) is 11.5 Å². The Labute approximate surface area is 206 Å². The summed E-state index contributed by atoms with van der Waals surface area (Å²) in [7, 11) is 0. The van der Waals surface area contributed by atoms with Crippen LogP contribution >= 0.6 is 46.8 Å². The number of hydrogen-bond donors (Lipinski definition) is 2. The molecule has 2 heterocycles. The number of carbonyl (C=O) groups excluding carboxylic acids is 1. The summed E-state index contributed by atoms with van der Waals surface area (Å²) < 4.78 is 6.32. The lowest BCUT2D eigenvalue weighted by molar-refractivity contribution is -0.384. The highest BCUT2D eigenvalue weighted by Gasteiger charge is 2.12. The van der Waals surface area contributed by atoms with Crippen LogP contribution < -0.4 is 10.6 Å². The SMILES string of the molecule is O=C(/C=C/c1ccc(-c2cc(Cl)cc(Cl)c2)o1)NC(=S)Nc1nc2ccc([N+](=O)[O-])cc2s1. The third-order valence-corrected chi connectivity index (χ3v) is 5.79. The van der Waals surface area contributed by atoms with Crippen LogP contribution in [0.1, 0.15) is 5.76 Å². The number of benzene rings is 2. The van der Waals surface area contributed by atoms with E-state index in [1.807, 2.05) is 0 Å². The lowest BCUT2D eigenvalue weighted by Crippen LogP contribution is -2.32. The van der Waals surface area contributed by atoms with E-state index in [1.165, 1.54) is 35.6 Å². The molecule has 0 bridgehead atoms. The number of rotatable bonds is 5. The summed E-state index contributed by atoms with van der Waals surface area (Å²) in [4.78, 5) is 26.9. The van der Waals surface area contributed by atoms with Gasteiger partial charge in [-0.05, 0) is 54.7 Å². The molecule has 0 radical (unpaired) electrons. The smallest absolute Gasteiger partial charge is 0.270 e. The number of carbonyl (C=O) groups is 1. The van der Waals surface area contributed by atoms with Crippen LogP contribution in [0.5, 0.6) is 0 Å². The van der Waals surface area contributed by atoms with Gasteiger partial charge in [0.15, 0.2) is 10.2 Å². The number of nitrogens with zero attached hydrogens (tertiary/aromatic N) is 2. The second-order valence-corrected chi connectivity index (χ2v) is 8.88. The summed E-state index contributed by atoms with van der Waals surface area (Å²) in [6.45, 7) is 0. The number of thiazole rings is 1. The zero-order valence-corrected chi connectivity index (χ0v) is 19.5. The zero-order chi connectivity index (χ0) is 23.5. The quantitative estimate of drug-likeness (QED) is 0.138. The number of furan rings is 1. The summed E-state index contributed by atoms with van der Waals surface area (Å²) in [6.07, 6.45) is 2.76. The molecule has 4 aromatic rings. The fourth-order valence-corrected chi connectivity index (χ4v) is 4.50. The van der Waals surface area contributed by atoms with Gasteiger partial charge < -0.3 is 9.73 Å². The van der Waals surface area contributed by atoms with Gasteiger partial charge >= 0.3 is 0 Å². The van der Waals surface area contributed by atoms with Crippen LogP contribution in [-0.4, -0.2) is 20.9 Å². The fourth-order valence-electron chi connectivity index (χ4n) is 2.81. The molecule has 0 atom stereocenters. The van der Waals surface area contributed by atoms with Crippen molar-refractivity contribution in [1.82, 2.24) is 10.3 Å². The van der Waals surface area contributed by atoms with Crippen molar-refractivity contribution in [2.45, 2.75) is 0 Å². The highest BCUT2D eigenvalue weighted by Crippen LogP contribution is 2.30. The maximum absolute atomic E-state index is 12.2. The Kier molecular flexibility index (Phi) is 6.70. The first-order chi connectivity index (χ1) is 15.8. The second-order valence-electron chi connectivity index (χ2n) is 6.57. The molecule has 33 heavy (non-hydrogen) atoms. The minimum absolute atomic E-state index is 0.0294. The summed E-state index contributed by atoms with van der Waals surface area (Å²) in [5.74, 6) is 0.517. The average Bonchev–Trinajstić information content (AvgIpc) is 3.37. The van der Waals surface area contributed by atoms with E-state index in [0.29, 0.717) is 42.5 Å². The number of amides is 1. The molecule has 0 saturated carbocycles. The lowest BCUT2D eigenvalue weighted by Gasteiger charge is -2.04. The van der Waals surface area contributed by atoms with Crippen molar-refractivity contribution in [3.63, 3.8) is 0 Å². The van der Waals surface area contributed by atoms with Gasteiger partial charge in [0, 0.05) is 33.8 Å². The average molecular weight is 519 g/mol. The monoisotopic (exact) mass is 518 g/mol. The molecule has 0 spiro atoms. The zero-order valence-electron chi connectivity index (χ0n) is 16.4. The van der Waals surface area contributed by atoms with Crippen molar-refractivity contribution in [2.24, 2.45) is 0 Å². The third-order valence-electron chi connectivity index (χ3n) is 4.21. The molecule has 2 aromatic heterocycles. The van der Waals surface area contributed by atoms with E-state index in [0.717, 1.165) is 0 Å². The van der Waals surface area contributed by atoms with Crippen LogP contribution in [0.4, 0.5) is 10.8 Å². The first-order valence-electron chi connectivity index (χ1n) is 9.18. The molecule has 0 aliphatic rings. The van der Waals surface area contributed by atoms with Crippen molar-refractivity contribution >= 4 is 84.9 Å². The molecule has 166 valence electrons. The number of nitro groups is 1. The number of non-ortho nitro benzene ring substituents is 1. The van der Waals surface area contributed by atoms with Crippen LogP contribution in [0.3, 0.4) is 0 Å². The number of aromatic nitrogens is 1. The summed E-state index contributed by atoms with van der Waals surface area (Å²) in [5.41, 5.74) is 1.26. The van der Waals surface area contributed by atoms with Crippen LogP contribution in [0.25, 0.3) is 27.6 Å². The summed E-state index contributed by atoms with van der Waals surface area (Å²) >= 11 is 18.4. The molecule has 0 fully saturated rings. The standard InChI is InChI=1S/C21H12Cl2N4O4S2/c22-12-7-11(8-13(23)9-12)17-5-2-15(31-17)3-6-19(28)25-20(32)26-21-24-16-4-1-14(27(29)30)10-18(16)33-21/h1-10H,(H2,24,25,26,28,32)/b6-3+. The Morgan fingerprint density at radius 3 is 2.64 bits per heavy atom. The van der Waals surface area contributed by atoms with Gasteiger partial charge in [-0.1, -0.05) is 34.5 Å². The molecule has 12 heteroatoms. The van der Waals surface area contributed by atoms with Crippen LogP contribution in [0, 0.1) is 10.1 Å². The number of nitrogens with one attached hydrogen (secondary N) is 2. The van der Waals surface area contributed by atoms with Crippen molar-refractivity contribution in [3.05, 3.63) is 80.5 Å². The molecule has 2 N–H and O–H groups in total. The van der Waals surface area contributed by atoms with E-state index >= 15 is 0 Å². The van der Waals surface area contributed by atoms with Gasteiger partial charge in [-0.3, -0.25) is 20.2 Å². The molecular formula is C21H12Cl2N4O4S2. The van der Waals surface area contributed by atoms with Gasteiger partial charge in [0.05, 0.1) is 15.1 Å². The van der Waals surface area contributed by atoms with E-state index < -0.39 is 10.8 Å². The Hall–Kier alpha value is -3.31. The Balaban J connectivity index is 1.37. The number of halogens is 2. The first-order valence-corrected chi connectivity index (χ1v) is 11.2. The largest absolute Gasteiger partial charge is 0.457 e. The predicted octanol–water partition coefficient (Wildman–Crippen LogP) is 6.30. The molecule has 0 aliphatic heterocycles. The van der Waals surface area contributed by atoms with E-state index in [9.17, 15) is 14.9 Å². The van der Waals surface area contributed by atoms with Crippen molar-refractivity contribution < 1.29 is 14.1 Å². The molecular weight excluding hydrogens is 507 g/mol. The van der Waals surface area contributed by atoms with Gasteiger partial charge in [-0.25, -0.2) is 4.98 Å². The maximum atomic E-state index is 12.2. The van der Waals surface area contributed by atoms with Crippen LogP contribution in [0.15, 0.2) is 59.0 Å². The van der Waals surface area contributed by atoms with Crippen LogP contribution in [-0.2, 0) is 4.79 Å². The van der Waals surface area contributed by atoms with Gasteiger partial charge in [0.25, 0.3) is 5.69 Å². The fraction of sp³-hybridized carbons (Fsp3) is 0. The van der Waals surface area contributed by atoms with Crippen LogP contribution in [0.2, 0.25) is 10.0 Å². The third kappa shape index (κ3) is 5.74. The normalized spacial score (nSPS) is 11.1. The van der Waals surface area contributed by atoms with Gasteiger partial charge in [-0.2, -0.15) is 0 Å². The minimum atomic E-state index is -0.479. The summed E-state index contributed by atoms with van der Waals surface area (Å²) in [6, 6.07) is 12.8. The Morgan fingerprint density at radius 2 is 1.91 bits per heavy atom. The Morgan fingerprint density at radius 1 is 1.15 bits per heavy atom. The topological polar surface area (TPSA) is 110 Å². The highest BCUT2D eigenvalue weighted by atomic mass is 35.5. The molecule has 8 nitrogen and oxygen atoms in total. The first kappa shape index (κ1) is 22.9. The number of nitro benzene ring substituents is 1. The predicted molar refractivity (Wildman–Crippen MR) is 134 cm³/mol. The molecule has 1 amide bonds. The van der Waals surface area contributed by atoms with E-state index in [-0.39, 0.29) is 10.8 Å². The van der Waals surface area contributed by atoms with Crippen molar-refractivity contribution in [1.29, 1.82) is 0 Å². The number of thiocarbonyl (C=S) groups is 1. The number of fused-ring (bicyclic) bond motifs is 1. The van der Waals surface area contributed by atoms with Crippen molar-refractivity contribution in [3.8, 4) is 11.3 Å². The Bertz CT molecular complexity index is 1410. The van der Waals surface area contributed by atoms with Gasteiger partial charge in [-0.15, -0.1) is 0 Å². The summed E-state index contributed by atoms with van der Waals surface area (Å²) in [5, 5.41) is 17.6.